The van der Waals surface area contributed by atoms with E-state index < -0.39 is 11.6 Å². The van der Waals surface area contributed by atoms with Gasteiger partial charge >= 0.3 is 0 Å². The molecule has 0 atom stereocenters. The highest BCUT2D eigenvalue weighted by molar-refractivity contribution is 5.28. The van der Waals surface area contributed by atoms with Crippen molar-refractivity contribution in [2.75, 3.05) is 0 Å². The molecule has 1 aromatic rings. The molecule has 2 fully saturated rings. The maximum Gasteiger partial charge on any atom is 0.162 e. The van der Waals surface area contributed by atoms with Crippen molar-refractivity contribution >= 4 is 0 Å². The van der Waals surface area contributed by atoms with Crippen LogP contribution in [0.3, 0.4) is 0 Å². The van der Waals surface area contributed by atoms with E-state index in [-0.39, 0.29) is 23.6 Å². The fraction of sp³-hybridized carbons (Fsp3) is 0.727. The van der Waals surface area contributed by atoms with E-state index in [4.69, 9.17) is 0 Å². The molecule has 0 saturated heterocycles. The van der Waals surface area contributed by atoms with E-state index in [1.807, 2.05) is 0 Å². The van der Waals surface area contributed by atoms with Crippen LogP contribution in [0, 0.1) is 36.3 Å². The summed E-state index contributed by atoms with van der Waals surface area (Å²) in [6.07, 6.45) is 9.95. The maximum absolute atomic E-state index is 14.2. The van der Waals surface area contributed by atoms with Gasteiger partial charge in [-0.1, -0.05) is 46.8 Å². The molecule has 0 radical (unpaired) electrons. The average molecular weight is 343 g/mol. The number of hydrogen-bond donors (Lipinski definition) is 0. The molecule has 0 heterocycles. The zero-order valence-corrected chi connectivity index (χ0v) is 13.9. The van der Waals surface area contributed by atoms with Crippen molar-refractivity contribution in [1.82, 2.24) is 0 Å². The van der Waals surface area contributed by atoms with Crippen LogP contribution < -0.4 is 0 Å². The first kappa shape index (κ1) is 21.1. The van der Waals surface area contributed by atoms with E-state index in [0.29, 0.717) is 11.1 Å². The largest absolute Gasteiger partial charge is 0.203 e. The lowest BCUT2D eigenvalue weighted by Crippen LogP contribution is -2.25. The van der Waals surface area contributed by atoms with Crippen molar-refractivity contribution < 1.29 is 11.6 Å². The SMILES string of the molecule is C.C.Cc1ccc(C2CCC(C3CCC(C)CC3)CC2)c(F)c1F.[HH].[HH]. The summed E-state index contributed by atoms with van der Waals surface area (Å²) >= 11 is 0. The monoisotopic (exact) mass is 342 g/mol. The van der Waals surface area contributed by atoms with E-state index in [1.165, 1.54) is 38.5 Å². The van der Waals surface area contributed by atoms with Crippen LogP contribution in [-0.2, 0) is 0 Å². The van der Waals surface area contributed by atoms with Gasteiger partial charge in [0, 0.05) is 2.85 Å². The van der Waals surface area contributed by atoms with Crippen LogP contribution in [0.4, 0.5) is 8.78 Å². The maximum atomic E-state index is 14.2. The molecular formula is C22H40F2. The first-order chi connectivity index (χ1) is 10.6. The fourth-order valence-corrected chi connectivity index (χ4v) is 4.64. The summed E-state index contributed by atoms with van der Waals surface area (Å²) in [6, 6.07) is 3.53. The highest BCUT2D eigenvalue weighted by Crippen LogP contribution is 2.44. The summed E-state index contributed by atoms with van der Waals surface area (Å²) in [6.45, 7) is 3.99. The van der Waals surface area contributed by atoms with E-state index >= 15 is 0 Å². The third kappa shape index (κ3) is 4.37. The molecule has 0 nitrogen and oxygen atoms in total. The Morgan fingerprint density at radius 2 is 1.29 bits per heavy atom. The van der Waals surface area contributed by atoms with Gasteiger partial charge in [-0.25, -0.2) is 8.78 Å². The van der Waals surface area contributed by atoms with Crippen LogP contribution >= 0.6 is 0 Å². The Balaban J connectivity index is 0. The lowest BCUT2D eigenvalue weighted by atomic mass is 9.68. The predicted molar refractivity (Wildman–Crippen MR) is 105 cm³/mol. The first-order valence-corrected chi connectivity index (χ1v) is 9.00. The fourth-order valence-electron chi connectivity index (χ4n) is 4.64. The number of rotatable bonds is 2. The van der Waals surface area contributed by atoms with Gasteiger partial charge in [0.15, 0.2) is 11.6 Å². The molecule has 0 unspecified atom stereocenters. The molecule has 0 N–H and O–H groups in total. The standard InChI is InChI=1S/C20H28F2.2CH4.2H2/c1-13-3-6-15(7-4-13)16-8-10-17(11-9-16)18-12-5-14(2)19(21)20(18)22;;;;/h5,12-13,15-17H,3-4,6-11H2,1-2H3;2*1H4;2*1H. The van der Waals surface area contributed by atoms with Crippen LogP contribution in [0.15, 0.2) is 12.1 Å². The van der Waals surface area contributed by atoms with E-state index in [2.05, 4.69) is 6.92 Å². The van der Waals surface area contributed by atoms with Crippen molar-refractivity contribution in [3.05, 3.63) is 34.9 Å². The highest BCUT2D eigenvalue weighted by Gasteiger charge is 2.31. The molecule has 24 heavy (non-hydrogen) atoms. The molecule has 2 saturated carbocycles. The van der Waals surface area contributed by atoms with Gasteiger partial charge in [0.05, 0.1) is 0 Å². The molecule has 2 heteroatoms. The van der Waals surface area contributed by atoms with E-state index in [0.717, 1.165) is 30.6 Å². The molecule has 3 rings (SSSR count). The van der Waals surface area contributed by atoms with Gasteiger partial charge in [-0.05, 0) is 80.2 Å². The van der Waals surface area contributed by atoms with Gasteiger partial charge in [0.25, 0.3) is 0 Å². The zero-order chi connectivity index (χ0) is 15.7. The summed E-state index contributed by atoms with van der Waals surface area (Å²) in [4.78, 5) is 0. The Morgan fingerprint density at radius 3 is 1.83 bits per heavy atom. The van der Waals surface area contributed by atoms with Crippen molar-refractivity contribution in [2.45, 2.75) is 86.0 Å². The molecule has 0 aliphatic heterocycles. The molecule has 0 amide bonds. The Labute approximate surface area is 151 Å². The van der Waals surface area contributed by atoms with Crippen molar-refractivity contribution in [3.8, 4) is 0 Å². The second-order valence-electron chi connectivity index (χ2n) is 7.73. The lowest BCUT2D eigenvalue weighted by Gasteiger charge is -2.37. The summed E-state index contributed by atoms with van der Waals surface area (Å²) in [5, 5.41) is 0. The third-order valence-corrected chi connectivity index (χ3v) is 6.24. The average Bonchev–Trinajstić information content (AvgIpc) is 2.54. The number of halogens is 2. The van der Waals surface area contributed by atoms with Gasteiger partial charge in [-0.15, -0.1) is 0 Å². The summed E-state index contributed by atoms with van der Waals surface area (Å²) in [5.41, 5.74) is 1.02. The summed E-state index contributed by atoms with van der Waals surface area (Å²) in [7, 11) is 0. The van der Waals surface area contributed by atoms with Crippen molar-refractivity contribution in [2.24, 2.45) is 17.8 Å². The molecule has 142 valence electrons. The van der Waals surface area contributed by atoms with E-state index in [1.54, 1.807) is 19.1 Å². The molecule has 0 bridgehead atoms. The molecule has 0 spiro atoms. The normalized spacial score (nSPS) is 30.2. The van der Waals surface area contributed by atoms with Gasteiger partial charge in [-0.3, -0.25) is 0 Å². The molecule has 2 aliphatic carbocycles. The van der Waals surface area contributed by atoms with Crippen LogP contribution in [0.5, 0.6) is 0 Å². The second kappa shape index (κ2) is 8.97. The van der Waals surface area contributed by atoms with Gasteiger partial charge in [0.1, 0.15) is 0 Å². The van der Waals surface area contributed by atoms with Gasteiger partial charge < -0.3 is 0 Å². The topological polar surface area (TPSA) is 0 Å². The van der Waals surface area contributed by atoms with Gasteiger partial charge in [-0.2, -0.15) is 0 Å². The Morgan fingerprint density at radius 1 is 0.792 bits per heavy atom. The van der Waals surface area contributed by atoms with Crippen LogP contribution in [0.1, 0.15) is 93.0 Å². The first-order valence-electron chi connectivity index (χ1n) is 9.00. The smallest absolute Gasteiger partial charge is 0.162 e. The number of aryl methyl sites for hydroxylation is 1. The Hall–Kier alpha value is -0.920. The molecule has 0 aromatic heterocycles. The quantitative estimate of drug-likeness (QED) is 0.509. The Kier molecular flexibility index (Phi) is 7.89. The van der Waals surface area contributed by atoms with Crippen LogP contribution in [0.2, 0.25) is 0 Å². The van der Waals surface area contributed by atoms with Crippen LogP contribution in [-0.4, -0.2) is 0 Å². The van der Waals surface area contributed by atoms with Crippen molar-refractivity contribution in [3.63, 3.8) is 0 Å². The minimum atomic E-state index is -0.652. The summed E-state index contributed by atoms with van der Waals surface area (Å²) in [5.74, 6) is 1.57. The van der Waals surface area contributed by atoms with Gasteiger partial charge in [0.2, 0.25) is 0 Å². The molecule has 2 aliphatic rings. The molecular weight excluding hydrogens is 302 g/mol. The van der Waals surface area contributed by atoms with Crippen molar-refractivity contribution in [1.29, 1.82) is 0 Å². The minimum absolute atomic E-state index is 0. The lowest BCUT2D eigenvalue weighted by molar-refractivity contribution is 0.164. The van der Waals surface area contributed by atoms with Crippen LogP contribution in [0.25, 0.3) is 0 Å². The summed E-state index contributed by atoms with van der Waals surface area (Å²) < 4.78 is 27.9. The third-order valence-electron chi connectivity index (χ3n) is 6.24. The second-order valence-corrected chi connectivity index (χ2v) is 7.73. The molecule has 1 aromatic carbocycles. The highest BCUT2D eigenvalue weighted by atomic mass is 19.2. The zero-order valence-electron chi connectivity index (χ0n) is 13.9. The predicted octanol–water partition coefficient (Wildman–Crippen LogP) is 8.14. The minimum Gasteiger partial charge on any atom is -0.203 e. The number of benzene rings is 1. The van der Waals surface area contributed by atoms with E-state index in [9.17, 15) is 8.78 Å². The number of hydrogen-bond acceptors (Lipinski definition) is 0. The Bertz CT molecular complexity index is 517.